The normalized spacial score (nSPS) is 27.8. The Morgan fingerprint density at radius 2 is 2.22 bits per heavy atom. The topological polar surface area (TPSA) is 108 Å². The minimum atomic E-state index is -0.663. The first-order valence-corrected chi connectivity index (χ1v) is 11.9. The maximum absolute atomic E-state index is 12.8. The molecule has 2 saturated heterocycles. The van der Waals surface area contributed by atoms with Crippen LogP contribution < -0.4 is 16.0 Å². The lowest BCUT2D eigenvalue weighted by molar-refractivity contribution is -0.232. The van der Waals surface area contributed by atoms with Gasteiger partial charge in [-0.25, -0.2) is 4.84 Å². The number of aliphatic hydroxyl groups excluding tert-OH is 1. The van der Waals surface area contributed by atoms with E-state index in [2.05, 4.69) is 31.7 Å². The first-order chi connectivity index (χ1) is 15.5. The van der Waals surface area contributed by atoms with E-state index < -0.39 is 11.8 Å². The average molecular weight is 529 g/mol. The molecule has 32 heavy (non-hydrogen) atoms. The predicted molar refractivity (Wildman–Crippen MR) is 121 cm³/mol. The maximum atomic E-state index is 12.8. The molecule has 1 aliphatic carbocycles. The summed E-state index contributed by atoms with van der Waals surface area (Å²) >= 11 is 10.2. The summed E-state index contributed by atoms with van der Waals surface area (Å²) in [5.74, 6) is -0.782. The molecule has 3 atom stereocenters. The molecule has 0 spiro atoms. The number of aliphatic hydroxyl groups is 1. The lowest BCUT2D eigenvalue weighted by atomic mass is 9.93. The zero-order valence-corrected chi connectivity index (χ0v) is 19.4. The number of alkyl halides is 1. The van der Waals surface area contributed by atoms with Crippen LogP contribution in [0.25, 0.3) is 0 Å². The summed E-state index contributed by atoms with van der Waals surface area (Å²) in [6, 6.07) is 5.14. The van der Waals surface area contributed by atoms with Gasteiger partial charge in [0.05, 0.1) is 23.3 Å². The standard InChI is InChI=1S/C20H23BrClN5O5/c21-11-7-8-15-13(10-11)25-32-27(30-15)14-5-3-4-12(17(14)22)23-19(28)18-20(29)24-16-6-1-2-9-26(16)31-18/h3-5,11,13,15,25,29H,1-2,6-10H2,(H,23,28). The van der Waals surface area contributed by atoms with Gasteiger partial charge in [-0.05, 0) is 44.2 Å². The molecule has 3 aliphatic heterocycles. The SMILES string of the molecule is O=C(Nc1cccc(N2ONC3CC(Br)CCC3O2)c1Cl)C1=C(O)N=C2CCCCN2O1. The number of rotatable bonds is 3. The number of carbonyl (C=O) groups excluding carboxylic acids is 1. The van der Waals surface area contributed by atoms with Crippen molar-refractivity contribution in [2.24, 2.45) is 4.99 Å². The van der Waals surface area contributed by atoms with Crippen molar-refractivity contribution < 1.29 is 24.5 Å². The van der Waals surface area contributed by atoms with Crippen LogP contribution in [0.1, 0.15) is 38.5 Å². The molecule has 1 aromatic rings. The number of hydroxylamine groups is 3. The number of aliphatic imine (C=N–C) groups is 1. The Kier molecular flexibility index (Phi) is 6.17. The van der Waals surface area contributed by atoms with E-state index in [4.69, 9.17) is 26.2 Å². The van der Waals surface area contributed by atoms with Crippen molar-refractivity contribution in [3.63, 3.8) is 0 Å². The van der Waals surface area contributed by atoms with Crippen molar-refractivity contribution in [3.8, 4) is 0 Å². The van der Waals surface area contributed by atoms with E-state index in [0.717, 1.165) is 32.1 Å². The van der Waals surface area contributed by atoms with Gasteiger partial charge in [-0.1, -0.05) is 33.6 Å². The second-order valence-corrected chi connectivity index (χ2v) is 9.72. The third kappa shape index (κ3) is 4.27. The largest absolute Gasteiger partial charge is 0.490 e. The number of amidine groups is 1. The predicted octanol–water partition coefficient (Wildman–Crippen LogP) is 3.71. The van der Waals surface area contributed by atoms with E-state index in [-0.39, 0.29) is 22.9 Å². The molecular formula is C20H23BrClN5O5. The number of benzene rings is 1. The summed E-state index contributed by atoms with van der Waals surface area (Å²) in [6.07, 6.45) is 5.28. The van der Waals surface area contributed by atoms with Crippen molar-refractivity contribution in [2.75, 3.05) is 17.1 Å². The summed E-state index contributed by atoms with van der Waals surface area (Å²) < 4.78 is 0. The van der Waals surface area contributed by atoms with E-state index in [1.807, 2.05) is 0 Å². The number of nitrogens with one attached hydrogen (secondary N) is 2. The second kappa shape index (κ2) is 9.06. The number of halogens is 2. The number of hydrogen-bond acceptors (Lipinski definition) is 9. The minimum absolute atomic E-state index is 0.0544. The van der Waals surface area contributed by atoms with Gasteiger partial charge >= 0.3 is 0 Å². The Morgan fingerprint density at radius 1 is 1.34 bits per heavy atom. The minimum Gasteiger partial charge on any atom is -0.490 e. The molecule has 3 heterocycles. The van der Waals surface area contributed by atoms with Crippen LogP contribution in [0, 0.1) is 0 Å². The monoisotopic (exact) mass is 527 g/mol. The van der Waals surface area contributed by atoms with Crippen LogP contribution in [0.4, 0.5) is 11.4 Å². The highest BCUT2D eigenvalue weighted by molar-refractivity contribution is 9.09. The van der Waals surface area contributed by atoms with E-state index in [1.165, 1.54) is 10.3 Å². The van der Waals surface area contributed by atoms with E-state index in [1.54, 1.807) is 18.2 Å². The molecular weight excluding hydrogens is 506 g/mol. The highest BCUT2D eigenvalue weighted by atomic mass is 79.9. The third-order valence-corrected chi connectivity index (χ3v) is 7.04. The smallest absolute Gasteiger partial charge is 0.299 e. The molecule has 10 nitrogen and oxygen atoms in total. The highest BCUT2D eigenvalue weighted by Gasteiger charge is 2.37. The van der Waals surface area contributed by atoms with Crippen molar-refractivity contribution >= 4 is 50.6 Å². The number of hydrogen-bond donors (Lipinski definition) is 3. The van der Waals surface area contributed by atoms with Crippen LogP contribution in [0.5, 0.6) is 0 Å². The van der Waals surface area contributed by atoms with Crippen molar-refractivity contribution in [2.45, 2.75) is 55.5 Å². The number of nitrogens with zero attached hydrogens (tertiary/aromatic N) is 3. The van der Waals surface area contributed by atoms with Gasteiger partial charge in [-0.2, -0.15) is 20.5 Å². The molecule has 0 radical (unpaired) electrons. The Bertz CT molecular complexity index is 976. The molecule has 1 saturated carbocycles. The molecule has 172 valence electrons. The van der Waals surface area contributed by atoms with Gasteiger partial charge in [0.2, 0.25) is 0 Å². The second-order valence-electron chi connectivity index (χ2n) is 8.05. The maximum Gasteiger partial charge on any atom is 0.299 e. The summed E-state index contributed by atoms with van der Waals surface area (Å²) in [7, 11) is 0. The van der Waals surface area contributed by atoms with Gasteiger partial charge < -0.3 is 15.3 Å². The Balaban J connectivity index is 1.31. The van der Waals surface area contributed by atoms with E-state index in [9.17, 15) is 9.90 Å². The molecule has 4 aliphatic rings. The van der Waals surface area contributed by atoms with Crippen LogP contribution in [0.2, 0.25) is 5.02 Å². The molecule has 3 fully saturated rings. The number of amides is 1. The molecule has 3 unspecified atom stereocenters. The summed E-state index contributed by atoms with van der Waals surface area (Å²) in [5.41, 5.74) is 3.75. The molecule has 5 rings (SSSR count). The van der Waals surface area contributed by atoms with Crippen LogP contribution in [-0.4, -0.2) is 45.4 Å². The highest BCUT2D eigenvalue weighted by Crippen LogP contribution is 2.37. The molecule has 1 amide bonds. The zero-order chi connectivity index (χ0) is 22.2. The first kappa shape index (κ1) is 21.8. The van der Waals surface area contributed by atoms with E-state index >= 15 is 0 Å². The van der Waals surface area contributed by atoms with Gasteiger partial charge in [0.1, 0.15) is 17.6 Å². The molecule has 3 N–H and O–H groups in total. The number of fused-ring (bicyclic) bond motifs is 2. The molecule has 12 heteroatoms. The van der Waals surface area contributed by atoms with Crippen molar-refractivity contribution in [1.82, 2.24) is 10.5 Å². The quantitative estimate of drug-likeness (QED) is 0.510. The number of piperidine rings is 1. The fourth-order valence-corrected chi connectivity index (χ4v) is 5.02. The summed E-state index contributed by atoms with van der Waals surface area (Å²) in [4.78, 5) is 34.5. The van der Waals surface area contributed by atoms with Crippen LogP contribution >= 0.6 is 27.5 Å². The zero-order valence-electron chi connectivity index (χ0n) is 17.1. The number of anilines is 2. The Hall–Kier alpha value is -2.05. The van der Waals surface area contributed by atoms with Gasteiger partial charge in [0.15, 0.2) is 0 Å². The molecule has 0 aromatic heterocycles. The van der Waals surface area contributed by atoms with Crippen LogP contribution in [-0.2, 0) is 19.4 Å². The number of carbonyl (C=O) groups is 1. The van der Waals surface area contributed by atoms with Gasteiger partial charge in [0.25, 0.3) is 17.5 Å². The lowest BCUT2D eigenvalue weighted by Gasteiger charge is -2.41. The average Bonchev–Trinajstić information content (AvgIpc) is 2.79. The van der Waals surface area contributed by atoms with Crippen molar-refractivity contribution in [1.29, 1.82) is 0 Å². The third-order valence-electron chi connectivity index (χ3n) is 5.81. The van der Waals surface area contributed by atoms with E-state index in [0.29, 0.717) is 35.0 Å². The summed E-state index contributed by atoms with van der Waals surface area (Å²) in [6.45, 7) is 0.605. The molecule has 1 aromatic carbocycles. The fraction of sp³-hybridized carbons (Fsp3) is 0.500. The first-order valence-electron chi connectivity index (χ1n) is 10.6. The van der Waals surface area contributed by atoms with Crippen LogP contribution in [0.15, 0.2) is 34.8 Å². The van der Waals surface area contributed by atoms with Gasteiger partial charge in [-0.3, -0.25) is 4.79 Å². The fourth-order valence-electron chi connectivity index (χ4n) is 4.11. The van der Waals surface area contributed by atoms with Crippen LogP contribution in [0.3, 0.4) is 0 Å². The van der Waals surface area contributed by atoms with Gasteiger partial charge in [-0.15, -0.1) is 5.23 Å². The van der Waals surface area contributed by atoms with Crippen molar-refractivity contribution in [3.05, 3.63) is 34.9 Å². The van der Waals surface area contributed by atoms with Gasteiger partial charge in [0, 0.05) is 11.2 Å². The molecule has 0 bridgehead atoms. The lowest BCUT2D eigenvalue weighted by Crippen LogP contribution is -2.56. The Morgan fingerprint density at radius 3 is 3.09 bits per heavy atom. The summed E-state index contributed by atoms with van der Waals surface area (Å²) in [5, 5.41) is 15.9. The Labute approximate surface area is 198 Å².